The molecule has 0 aromatic carbocycles. The minimum absolute atomic E-state index is 0.584. The summed E-state index contributed by atoms with van der Waals surface area (Å²) in [4.78, 5) is 4.30. The number of nitrogen functional groups attached to an aromatic ring is 1. The van der Waals surface area contributed by atoms with Gasteiger partial charge in [0.25, 0.3) is 0 Å². The lowest BCUT2D eigenvalue weighted by Crippen LogP contribution is -2.22. The van der Waals surface area contributed by atoms with Crippen LogP contribution in [0.4, 0.5) is 11.5 Å². The summed E-state index contributed by atoms with van der Waals surface area (Å²) in [5.41, 5.74) is 7.59. The first-order chi connectivity index (χ1) is 7.16. The molecule has 15 heavy (non-hydrogen) atoms. The number of hydrogen-bond donors (Lipinski definition) is 2. The number of rotatable bonds is 2. The van der Waals surface area contributed by atoms with Crippen molar-refractivity contribution in [1.29, 1.82) is 0 Å². The average molecular weight is 205 g/mol. The van der Waals surface area contributed by atoms with Crippen LogP contribution in [0.1, 0.15) is 31.7 Å². The van der Waals surface area contributed by atoms with E-state index < -0.39 is 0 Å². The Kier molecular flexibility index (Phi) is 2.80. The molecule has 2 rings (SSSR count). The van der Waals surface area contributed by atoms with Gasteiger partial charge in [0.1, 0.15) is 5.82 Å². The monoisotopic (exact) mass is 205 g/mol. The van der Waals surface area contributed by atoms with Crippen LogP contribution in [0.2, 0.25) is 0 Å². The standard InChI is InChI=1S/C12H19N3/c1-8-4-3-5-11(8)15-12-6-9(2)10(13)7-14-12/h6-8,11H,3-5,13H2,1-2H3,(H,14,15). The largest absolute Gasteiger partial charge is 0.397 e. The molecule has 0 amide bonds. The van der Waals surface area contributed by atoms with Crippen molar-refractivity contribution in [3.8, 4) is 0 Å². The van der Waals surface area contributed by atoms with Crippen LogP contribution in [0, 0.1) is 12.8 Å². The van der Waals surface area contributed by atoms with Crippen molar-refractivity contribution in [1.82, 2.24) is 4.98 Å². The molecule has 1 aromatic rings. The number of nitrogens with zero attached hydrogens (tertiary/aromatic N) is 1. The van der Waals surface area contributed by atoms with E-state index in [0.717, 1.165) is 23.0 Å². The Morgan fingerprint density at radius 3 is 2.87 bits per heavy atom. The van der Waals surface area contributed by atoms with Gasteiger partial charge in [0.05, 0.1) is 11.9 Å². The molecule has 1 aromatic heterocycles. The Hall–Kier alpha value is -1.25. The van der Waals surface area contributed by atoms with E-state index in [9.17, 15) is 0 Å². The maximum atomic E-state index is 5.73. The molecule has 0 saturated heterocycles. The fourth-order valence-corrected chi connectivity index (χ4v) is 2.20. The van der Waals surface area contributed by atoms with E-state index in [1.54, 1.807) is 6.20 Å². The summed E-state index contributed by atoms with van der Waals surface area (Å²) >= 11 is 0. The van der Waals surface area contributed by atoms with E-state index in [4.69, 9.17) is 5.73 Å². The molecule has 3 nitrogen and oxygen atoms in total. The first-order valence-electron chi connectivity index (χ1n) is 5.65. The molecule has 1 heterocycles. The maximum absolute atomic E-state index is 5.73. The van der Waals surface area contributed by atoms with Gasteiger partial charge in [-0.2, -0.15) is 0 Å². The first kappa shape index (κ1) is 10.3. The summed E-state index contributed by atoms with van der Waals surface area (Å²) in [6, 6.07) is 2.61. The lowest BCUT2D eigenvalue weighted by molar-refractivity contribution is 0.555. The molecule has 2 atom stereocenters. The number of aryl methyl sites for hydroxylation is 1. The van der Waals surface area contributed by atoms with Gasteiger partial charge in [-0.05, 0) is 37.3 Å². The van der Waals surface area contributed by atoms with Gasteiger partial charge in [-0.1, -0.05) is 13.3 Å². The minimum Gasteiger partial charge on any atom is -0.397 e. The molecule has 1 aliphatic rings. The van der Waals surface area contributed by atoms with E-state index in [2.05, 4.69) is 17.2 Å². The van der Waals surface area contributed by atoms with Crippen LogP contribution in [0.3, 0.4) is 0 Å². The van der Waals surface area contributed by atoms with Crippen LogP contribution in [0.25, 0.3) is 0 Å². The van der Waals surface area contributed by atoms with Crippen LogP contribution in [-0.2, 0) is 0 Å². The number of anilines is 2. The number of aromatic nitrogens is 1. The predicted molar refractivity (Wildman–Crippen MR) is 63.8 cm³/mol. The Morgan fingerprint density at radius 2 is 2.27 bits per heavy atom. The van der Waals surface area contributed by atoms with Crippen LogP contribution in [0.15, 0.2) is 12.3 Å². The second kappa shape index (κ2) is 4.09. The van der Waals surface area contributed by atoms with Crippen LogP contribution in [0.5, 0.6) is 0 Å². The Bertz CT molecular complexity index is 349. The molecular weight excluding hydrogens is 186 g/mol. The van der Waals surface area contributed by atoms with Gasteiger partial charge in [0.2, 0.25) is 0 Å². The molecular formula is C12H19N3. The number of nitrogens with one attached hydrogen (secondary N) is 1. The zero-order valence-corrected chi connectivity index (χ0v) is 9.46. The molecule has 0 bridgehead atoms. The van der Waals surface area contributed by atoms with E-state index >= 15 is 0 Å². The Labute approximate surface area is 91.1 Å². The smallest absolute Gasteiger partial charge is 0.126 e. The maximum Gasteiger partial charge on any atom is 0.126 e. The average Bonchev–Trinajstić information content (AvgIpc) is 2.59. The van der Waals surface area contributed by atoms with Crippen molar-refractivity contribution < 1.29 is 0 Å². The zero-order valence-electron chi connectivity index (χ0n) is 9.46. The van der Waals surface area contributed by atoms with Crippen molar-refractivity contribution in [3.63, 3.8) is 0 Å². The van der Waals surface area contributed by atoms with E-state index in [1.807, 2.05) is 13.0 Å². The second-order valence-corrected chi connectivity index (χ2v) is 4.59. The summed E-state index contributed by atoms with van der Waals surface area (Å²) in [7, 11) is 0. The fraction of sp³-hybridized carbons (Fsp3) is 0.583. The van der Waals surface area contributed by atoms with E-state index in [0.29, 0.717) is 6.04 Å². The van der Waals surface area contributed by atoms with E-state index in [-0.39, 0.29) is 0 Å². The van der Waals surface area contributed by atoms with Gasteiger partial charge >= 0.3 is 0 Å². The van der Waals surface area contributed by atoms with E-state index in [1.165, 1.54) is 19.3 Å². The van der Waals surface area contributed by atoms with Gasteiger partial charge < -0.3 is 11.1 Å². The number of nitrogens with two attached hydrogens (primary N) is 1. The van der Waals surface area contributed by atoms with Crippen LogP contribution < -0.4 is 11.1 Å². The normalized spacial score (nSPS) is 25.5. The highest BCUT2D eigenvalue weighted by atomic mass is 15.0. The molecule has 2 unspecified atom stereocenters. The molecule has 3 N–H and O–H groups in total. The van der Waals surface area contributed by atoms with Gasteiger partial charge in [-0.3, -0.25) is 0 Å². The Balaban J connectivity index is 2.07. The Morgan fingerprint density at radius 1 is 1.47 bits per heavy atom. The lowest BCUT2D eigenvalue weighted by atomic mass is 10.1. The highest BCUT2D eigenvalue weighted by Gasteiger charge is 2.23. The van der Waals surface area contributed by atoms with Gasteiger partial charge in [0.15, 0.2) is 0 Å². The zero-order chi connectivity index (χ0) is 10.8. The second-order valence-electron chi connectivity index (χ2n) is 4.59. The molecule has 0 radical (unpaired) electrons. The lowest BCUT2D eigenvalue weighted by Gasteiger charge is -2.18. The summed E-state index contributed by atoms with van der Waals surface area (Å²) < 4.78 is 0. The van der Waals surface area contributed by atoms with Crippen molar-refractivity contribution in [2.75, 3.05) is 11.1 Å². The fourth-order valence-electron chi connectivity index (χ4n) is 2.20. The van der Waals surface area contributed by atoms with Gasteiger partial charge in [0, 0.05) is 6.04 Å². The van der Waals surface area contributed by atoms with Crippen LogP contribution >= 0.6 is 0 Å². The molecule has 1 saturated carbocycles. The third-order valence-electron chi connectivity index (χ3n) is 3.35. The molecule has 1 fully saturated rings. The van der Waals surface area contributed by atoms with Crippen molar-refractivity contribution in [3.05, 3.63) is 17.8 Å². The molecule has 0 aliphatic heterocycles. The van der Waals surface area contributed by atoms with Crippen molar-refractivity contribution in [2.45, 2.75) is 39.2 Å². The predicted octanol–water partition coefficient (Wildman–Crippen LogP) is 2.57. The summed E-state index contributed by atoms with van der Waals surface area (Å²) in [6.45, 7) is 4.31. The third-order valence-corrected chi connectivity index (χ3v) is 3.35. The topological polar surface area (TPSA) is 50.9 Å². The molecule has 0 spiro atoms. The van der Waals surface area contributed by atoms with Crippen LogP contribution in [-0.4, -0.2) is 11.0 Å². The highest BCUT2D eigenvalue weighted by molar-refractivity contribution is 5.51. The summed E-state index contributed by atoms with van der Waals surface area (Å²) in [6.07, 6.45) is 5.64. The minimum atomic E-state index is 0.584. The SMILES string of the molecule is Cc1cc(NC2CCCC2C)ncc1N. The van der Waals surface area contributed by atoms with Crippen molar-refractivity contribution >= 4 is 11.5 Å². The summed E-state index contributed by atoms with van der Waals surface area (Å²) in [5.74, 6) is 1.71. The highest BCUT2D eigenvalue weighted by Crippen LogP contribution is 2.27. The number of hydrogen-bond acceptors (Lipinski definition) is 3. The van der Waals surface area contributed by atoms with Gasteiger partial charge in [-0.25, -0.2) is 4.98 Å². The first-order valence-corrected chi connectivity index (χ1v) is 5.65. The molecule has 1 aliphatic carbocycles. The molecule has 3 heteroatoms. The quantitative estimate of drug-likeness (QED) is 0.780. The van der Waals surface area contributed by atoms with Crippen molar-refractivity contribution in [2.24, 2.45) is 5.92 Å². The van der Waals surface area contributed by atoms with Gasteiger partial charge in [-0.15, -0.1) is 0 Å². The third kappa shape index (κ3) is 2.22. The summed E-state index contributed by atoms with van der Waals surface area (Å²) in [5, 5.41) is 3.49. The molecule has 82 valence electrons. The number of pyridine rings is 1.